The van der Waals surface area contributed by atoms with Crippen LogP contribution in [0.2, 0.25) is 0 Å². The zero-order chi connectivity index (χ0) is 11.6. The van der Waals surface area contributed by atoms with Crippen molar-refractivity contribution in [2.75, 3.05) is 14.2 Å². The zero-order valence-electron chi connectivity index (χ0n) is 9.83. The molecule has 0 heterocycles. The van der Waals surface area contributed by atoms with Crippen LogP contribution in [0, 0.1) is 20.8 Å². The Kier molecular flexibility index (Phi) is 3.72. The Morgan fingerprint density at radius 2 is 1.53 bits per heavy atom. The summed E-state index contributed by atoms with van der Waals surface area (Å²) in [5.74, 6) is 0. The molecule has 3 nitrogen and oxygen atoms in total. The second kappa shape index (κ2) is 4.48. The van der Waals surface area contributed by atoms with E-state index in [1.807, 2.05) is 32.9 Å². The second-order valence-electron chi connectivity index (χ2n) is 3.51. The maximum atomic E-state index is 12.2. The highest BCUT2D eigenvalue weighted by atomic mass is 31.2. The van der Waals surface area contributed by atoms with Crippen molar-refractivity contribution in [3.05, 3.63) is 28.8 Å². The summed E-state index contributed by atoms with van der Waals surface area (Å²) in [6, 6.07) is 3.74. The summed E-state index contributed by atoms with van der Waals surface area (Å²) in [5.41, 5.74) is 3.28. The van der Waals surface area contributed by atoms with Gasteiger partial charge >= 0.3 is 7.60 Å². The minimum absolute atomic E-state index is 0.649. The molecule has 0 spiro atoms. The molecule has 0 N–H and O–H groups in total. The van der Waals surface area contributed by atoms with Crippen molar-refractivity contribution in [1.82, 2.24) is 0 Å². The summed E-state index contributed by atoms with van der Waals surface area (Å²) >= 11 is 0. The summed E-state index contributed by atoms with van der Waals surface area (Å²) in [7, 11) is -0.315. The molecule has 1 aromatic rings. The Balaban J connectivity index is 3.39. The van der Waals surface area contributed by atoms with Crippen molar-refractivity contribution >= 4 is 12.9 Å². The molecule has 0 fully saturated rings. The summed E-state index contributed by atoms with van der Waals surface area (Å²) in [6.45, 7) is 5.96. The number of hydrogen-bond donors (Lipinski definition) is 0. The van der Waals surface area contributed by atoms with E-state index in [0.717, 1.165) is 11.1 Å². The van der Waals surface area contributed by atoms with Gasteiger partial charge in [0.25, 0.3) is 0 Å². The molecule has 0 atom stereocenters. The Bertz CT molecular complexity index is 405. The minimum Gasteiger partial charge on any atom is -0.309 e. The number of hydrogen-bond acceptors (Lipinski definition) is 3. The molecule has 1 rings (SSSR count). The summed E-state index contributed by atoms with van der Waals surface area (Å²) in [4.78, 5) is 0. The van der Waals surface area contributed by atoms with E-state index in [1.54, 1.807) is 0 Å². The second-order valence-corrected chi connectivity index (χ2v) is 5.72. The lowest BCUT2D eigenvalue weighted by atomic mass is 10.1. The molecule has 0 aliphatic rings. The lowest BCUT2D eigenvalue weighted by molar-refractivity contribution is 0.287. The average Bonchev–Trinajstić information content (AvgIpc) is 2.25. The van der Waals surface area contributed by atoms with Gasteiger partial charge in [0.1, 0.15) is 0 Å². The first-order chi connectivity index (χ1) is 6.96. The van der Waals surface area contributed by atoms with Gasteiger partial charge in [-0.15, -0.1) is 0 Å². The molecular formula is C11H17O3P. The number of aryl methyl sites for hydroxylation is 1. The number of rotatable bonds is 3. The van der Waals surface area contributed by atoms with Gasteiger partial charge in [-0.3, -0.25) is 4.57 Å². The van der Waals surface area contributed by atoms with Crippen LogP contribution in [-0.2, 0) is 13.6 Å². The van der Waals surface area contributed by atoms with Gasteiger partial charge in [0.15, 0.2) is 0 Å². The third-order valence-corrected chi connectivity index (χ3v) is 4.84. The van der Waals surface area contributed by atoms with Crippen molar-refractivity contribution in [3.63, 3.8) is 0 Å². The van der Waals surface area contributed by atoms with E-state index in [1.165, 1.54) is 19.8 Å². The Morgan fingerprint density at radius 1 is 1.00 bits per heavy atom. The lowest BCUT2D eigenvalue weighted by Crippen LogP contribution is -2.13. The van der Waals surface area contributed by atoms with E-state index in [0.29, 0.717) is 5.30 Å². The van der Waals surface area contributed by atoms with Crippen LogP contribution < -0.4 is 5.30 Å². The summed E-state index contributed by atoms with van der Waals surface area (Å²) in [6.07, 6.45) is 0. The third kappa shape index (κ3) is 2.15. The van der Waals surface area contributed by atoms with Crippen LogP contribution in [0.25, 0.3) is 0 Å². The Hall–Kier alpha value is -0.630. The predicted molar refractivity (Wildman–Crippen MR) is 61.9 cm³/mol. The molecule has 0 aromatic heterocycles. The van der Waals surface area contributed by atoms with Crippen molar-refractivity contribution in [2.24, 2.45) is 0 Å². The van der Waals surface area contributed by atoms with E-state index in [4.69, 9.17) is 9.05 Å². The molecule has 4 heteroatoms. The van der Waals surface area contributed by atoms with Crippen LogP contribution in [0.15, 0.2) is 12.1 Å². The van der Waals surface area contributed by atoms with Crippen LogP contribution in [0.5, 0.6) is 0 Å². The first-order valence-corrected chi connectivity index (χ1v) is 6.29. The normalized spacial score (nSPS) is 11.8. The molecule has 0 aliphatic heterocycles. The van der Waals surface area contributed by atoms with Gasteiger partial charge in [0.2, 0.25) is 0 Å². The molecule has 0 aliphatic carbocycles. The van der Waals surface area contributed by atoms with Gasteiger partial charge in [0.05, 0.1) is 5.30 Å². The molecule has 0 amide bonds. The fourth-order valence-electron chi connectivity index (χ4n) is 1.51. The monoisotopic (exact) mass is 228 g/mol. The largest absolute Gasteiger partial charge is 0.361 e. The molecule has 84 valence electrons. The van der Waals surface area contributed by atoms with Crippen LogP contribution in [0.4, 0.5) is 0 Å². The predicted octanol–water partition coefficient (Wildman–Crippen LogP) is 2.72. The fraction of sp³-hybridized carbons (Fsp3) is 0.455. The standard InChI is InChI=1S/C11H17O3P/c1-8-6-7-11(10(3)9(8)2)15(12,13-4)14-5/h6-7H,1-5H3. The summed E-state index contributed by atoms with van der Waals surface area (Å²) < 4.78 is 22.2. The average molecular weight is 228 g/mol. The van der Waals surface area contributed by atoms with E-state index in [-0.39, 0.29) is 0 Å². The van der Waals surface area contributed by atoms with Gasteiger partial charge in [-0.1, -0.05) is 6.07 Å². The third-order valence-electron chi connectivity index (χ3n) is 2.81. The highest BCUT2D eigenvalue weighted by molar-refractivity contribution is 7.62. The summed E-state index contributed by atoms with van der Waals surface area (Å²) in [5, 5.41) is 0.649. The van der Waals surface area contributed by atoms with Crippen molar-refractivity contribution in [1.29, 1.82) is 0 Å². The van der Waals surface area contributed by atoms with Crippen molar-refractivity contribution < 1.29 is 13.6 Å². The van der Waals surface area contributed by atoms with Gasteiger partial charge in [-0.25, -0.2) is 0 Å². The Morgan fingerprint density at radius 3 is 2.00 bits per heavy atom. The van der Waals surface area contributed by atoms with E-state index in [9.17, 15) is 4.57 Å². The molecule has 0 unspecified atom stereocenters. The molecule has 15 heavy (non-hydrogen) atoms. The maximum absolute atomic E-state index is 12.2. The van der Waals surface area contributed by atoms with Crippen molar-refractivity contribution in [3.8, 4) is 0 Å². The zero-order valence-corrected chi connectivity index (χ0v) is 10.7. The molecule has 0 saturated carbocycles. The van der Waals surface area contributed by atoms with Crippen molar-refractivity contribution in [2.45, 2.75) is 20.8 Å². The van der Waals surface area contributed by atoms with E-state index >= 15 is 0 Å². The minimum atomic E-state index is -3.12. The lowest BCUT2D eigenvalue weighted by Gasteiger charge is -2.18. The highest BCUT2D eigenvalue weighted by Gasteiger charge is 2.27. The van der Waals surface area contributed by atoms with Gasteiger partial charge < -0.3 is 9.05 Å². The smallest absolute Gasteiger partial charge is 0.309 e. The topological polar surface area (TPSA) is 35.5 Å². The molecule has 0 radical (unpaired) electrons. The fourth-order valence-corrected chi connectivity index (χ4v) is 2.89. The highest BCUT2D eigenvalue weighted by Crippen LogP contribution is 2.46. The quantitative estimate of drug-likeness (QED) is 0.746. The molecule has 0 saturated heterocycles. The van der Waals surface area contributed by atoms with Crippen LogP contribution in [0.1, 0.15) is 16.7 Å². The van der Waals surface area contributed by atoms with E-state index in [2.05, 4.69) is 0 Å². The van der Waals surface area contributed by atoms with Gasteiger partial charge in [-0.2, -0.15) is 0 Å². The maximum Gasteiger partial charge on any atom is 0.361 e. The SMILES string of the molecule is COP(=O)(OC)c1ccc(C)c(C)c1C. The molecule has 0 bridgehead atoms. The first kappa shape index (κ1) is 12.4. The molecular weight excluding hydrogens is 211 g/mol. The Labute approximate surface area is 90.9 Å². The number of benzene rings is 1. The van der Waals surface area contributed by atoms with Crippen LogP contribution in [0.3, 0.4) is 0 Å². The van der Waals surface area contributed by atoms with Gasteiger partial charge in [0, 0.05) is 14.2 Å². The van der Waals surface area contributed by atoms with E-state index < -0.39 is 7.60 Å². The molecule has 1 aromatic carbocycles. The van der Waals surface area contributed by atoms with Crippen LogP contribution >= 0.6 is 7.60 Å². The van der Waals surface area contributed by atoms with Crippen LogP contribution in [-0.4, -0.2) is 14.2 Å². The van der Waals surface area contributed by atoms with Gasteiger partial charge in [-0.05, 0) is 43.5 Å². The first-order valence-electron chi connectivity index (χ1n) is 4.75.